The molecule has 106 valence electrons. The van der Waals surface area contributed by atoms with Gasteiger partial charge in [0.1, 0.15) is 5.69 Å². The number of carbonyl (C=O) groups excluding carboxylic acids is 1. The van der Waals surface area contributed by atoms with Crippen LogP contribution < -0.4 is 5.32 Å². The Labute approximate surface area is 120 Å². The molecule has 0 aromatic carbocycles. The molecule has 2 aromatic rings. The van der Waals surface area contributed by atoms with Crippen molar-refractivity contribution in [3.63, 3.8) is 0 Å². The minimum absolute atomic E-state index is 0.0567. The lowest BCUT2D eigenvalue weighted by Crippen LogP contribution is -2.37. The van der Waals surface area contributed by atoms with Crippen molar-refractivity contribution in [2.75, 3.05) is 6.61 Å². The highest BCUT2D eigenvalue weighted by atomic mass is 32.1. The van der Waals surface area contributed by atoms with E-state index < -0.39 is 0 Å². The van der Waals surface area contributed by atoms with Crippen LogP contribution in [0.25, 0.3) is 10.8 Å². The van der Waals surface area contributed by atoms with Gasteiger partial charge in [-0.1, -0.05) is 0 Å². The highest BCUT2D eigenvalue weighted by Crippen LogP contribution is 2.34. The Kier molecular flexibility index (Phi) is 3.84. The maximum absolute atomic E-state index is 12.2. The zero-order chi connectivity index (χ0) is 13.9. The van der Waals surface area contributed by atoms with E-state index in [1.165, 1.54) is 11.3 Å². The van der Waals surface area contributed by atoms with Crippen molar-refractivity contribution < 1.29 is 14.3 Å². The predicted molar refractivity (Wildman–Crippen MR) is 75.5 cm³/mol. The minimum Gasteiger partial charge on any atom is -0.462 e. The van der Waals surface area contributed by atoms with Crippen LogP contribution in [0, 0.1) is 5.92 Å². The Morgan fingerprint density at radius 1 is 1.60 bits per heavy atom. The van der Waals surface area contributed by atoms with Crippen LogP contribution in [0.3, 0.4) is 0 Å². The summed E-state index contributed by atoms with van der Waals surface area (Å²) in [5, 5.41) is 14.4. The van der Waals surface area contributed by atoms with Gasteiger partial charge in [-0.2, -0.15) is 0 Å². The van der Waals surface area contributed by atoms with Crippen molar-refractivity contribution in [2.45, 2.75) is 25.3 Å². The smallest absolute Gasteiger partial charge is 0.271 e. The SMILES string of the molecule is O=C(NC(CCO)C1CC1)c1csc(-c2ccco2)n1. The second-order valence-electron chi connectivity index (χ2n) is 4.94. The maximum Gasteiger partial charge on any atom is 0.271 e. The highest BCUT2D eigenvalue weighted by Gasteiger charge is 2.32. The molecule has 2 aromatic heterocycles. The van der Waals surface area contributed by atoms with Gasteiger partial charge in [0.25, 0.3) is 5.91 Å². The molecular formula is C14H16N2O3S. The van der Waals surface area contributed by atoms with E-state index in [9.17, 15) is 4.79 Å². The summed E-state index contributed by atoms with van der Waals surface area (Å²) >= 11 is 1.38. The number of aliphatic hydroxyl groups is 1. The minimum atomic E-state index is -0.176. The molecule has 1 unspecified atom stereocenters. The molecule has 2 N–H and O–H groups in total. The van der Waals surface area contributed by atoms with Crippen LogP contribution in [0.4, 0.5) is 0 Å². The molecule has 0 aliphatic heterocycles. The molecule has 0 radical (unpaired) electrons. The number of hydrogen-bond donors (Lipinski definition) is 2. The Hall–Kier alpha value is -1.66. The van der Waals surface area contributed by atoms with Crippen LogP contribution >= 0.6 is 11.3 Å². The first kappa shape index (κ1) is 13.3. The summed E-state index contributed by atoms with van der Waals surface area (Å²) < 4.78 is 5.26. The van der Waals surface area contributed by atoms with E-state index >= 15 is 0 Å². The maximum atomic E-state index is 12.2. The number of aromatic nitrogens is 1. The van der Waals surface area contributed by atoms with Crippen molar-refractivity contribution in [2.24, 2.45) is 5.92 Å². The van der Waals surface area contributed by atoms with Crippen molar-refractivity contribution in [3.05, 3.63) is 29.5 Å². The molecule has 0 spiro atoms. The van der Waals surface area contributed by atoms with Gasteiger partial charge in [0, 0.05) is 18.0 Å². The van der Waals surface area contributed by atoms with Gasteiger partial charge < -0.3 is 14.8 Å². The van der Waals surface area contributed by atoms with Gasteiger partial charge in [-0.3, -0.25) is 4.79 Å². The Morgan fingerprint density at radius 2 is 2.45 bits per heavy atom. The number of hydrogen-bond acceptors (Lipinski definition) is 5. The average molecular weight is 292 g/mol. The van der Waals surface area contributed by atoms with E-state index in [1.807, 2.05) is 6.07 Å². The lowest BCUT2D eigenvalue weighted by atomic mass is 10.1. The summed E-state index contributed by atoms with van der Waals surface area (Å²) in [6, 6.07) is 3.67. The van der Waals surface area contributed by atoms with Crippen molar-refractivity contribution >= 4 is 17.2 Å². The fraction of sp³-hybridized carbons (Fsp3) is 0.429. The van der Waals surface area contributed by atoms with E-state index in [0.29, 0.717) is 28.8 Å². The molecule has 20 heavy (non-hydrogen) atoms. The van der Waals surface area contributed by atoms with Crippen LogP contribution in [0.2, 0.25) is 0 Å². The molecule has 2 heterocycles. The zero-order valence-electron chi connectivity index (χ0n) is 10.9. The molecule has 1 aliphatic rings. The van der Waals surface area contributed by atoms with Crippen LogP contribution in [0.15, 0.2) is 28.2 Å². The van der Waals surface area contributed by atoms with Crippen LogP contribution in [-0.2, 0) is 0 Å². The molecule has 5 nitrogen and oxygen atoms in total. The highest BCUT2D eigenvalue weighted by molar-refractivity contribution is 7.13. The van der Waals surface area contributed by atoms with Gasteiger partial charge in [-0.05, 0) is 37.3 Å². The lowest BCUT2D eigenvalue weighted by molar-refractivity contribution is 0.0920. The molecule has 6 heteroatoms. The van der Waals surface area contributed by atoms with Crippen molar-refractivity contribution in [1.29, 1.82) is 0 Å². The van der Waals surface area contributed by atoms with Crippen LogP contribution in [-0.4, -0.2) is 28.6 Å². The van der Waals surface area contributed by atoms with Gasteiger partial charge in [0.05, 0.1) is 6.26 Å². The molecule has 3 rings (SSSR count). The van der Waals surface area contributed by atoms with Gasteiger partial charge in [0.2, 0.25) is 0 Å². The van der Waals surface area contributed by atoms with Crippen molar-refractivity contribution in [1.82, 2.24) is 10.3 Å². The van der Waals surface area contributed by atoms with Crippen molar-refractivity contribution in [3.8, 4) is 10.8 Å². The number of nitrogens with zero attached hydrogens (tertiary/aromatic N) is 1. The van der Waals surface area contributed by atoms with Gasteiger partial charge in [-0.15, -0.1) is 11.3 Å². The average Bonchev–Trinajstić information content (AvgIpc) is 2.94. The number of aliphatic hydroxyl groups excluding tert-OH is 1. The first-order chi connectivity index (χ1) is 9.78. The summed E-state index contributed by atoms with van der Waals surface area (Å²) in [6.07, 6.45) is 4.44. The first-order valence-electron chi connectivity index (χ1n) is 6.69. The number of rotatable bonds is 6. The molecule has 0 bridgehead atoms. The molecule has 0 saturated heterocycles. The van der Waals surface area contributed by atoms with E-state index in [1.54, 1.807) is 17.7 Å². The first-order valence-corrected chi connectivity index (χ1v) is 7.57. The number of amides is 1. The third kappa shape index (κ3) is 2.91. The Balaban J connectivity index is 1.67. The fourth-order valence-corrected chi connectivity index (χ4v) is 2.96. The largest absolute Gasteiger partial charge is 0.462 e. The zero-order valence-corrected chi connectivity index (χ0v) is 11.7. The van der Waals surface area contributed by atoms with E-state index in [0.717, 1.165) is 12.8 Å². The van der Waals surface area contributed by atoms with Crippen LogP contribution in [0.1, 0.15) is 29.8 Å². The second kappa shape index (κ2) is 5.76. The normalized spacial score (nSPS) is 16.1. The fourth-order valence-electron chi connectivity index (χ4n) is 2.20. The molecular weight excluding hydrogens is 276 g/mol. The molecule has 1 saturated carbocycles. The van der Waals surface area contributed by atoms with Crippen LogP contribution in [0.5, 0.6) is 0 Å². The van der Waals surface area contributed by atoms with E-state index in [2.05, 4.69) is 10.3 Å². The summed E-state index contributed by atoms with van der Waals surface area (Å²) in [5.74, 6) is 1.00. The third-order valence-corrected chi connectivity index (χ3v) is 4.27. The molecule has 1 atom stereocenters. The van der Waals surface area contributed by atoms with E-state index in [-0.39, 0.29) is 18.6 Å². The Morgan fingerprint density at radius 3 is 3.10 bits per heavy atom. The summed E-state index contributed by atoms with van der Waals surface area (Å²) in [6.45, 7) is 0.0934. The molecule has 1 fully saturated rings. The topological polar surface area (TPSA) is 75.4 Å². The van der Waals surface area contributed by atoms with E-state index in [4.69, 9.17) is 9.52 Å². The molecule has 1 amide bonds. The monoisotopic (exact) mass is 292 g/mol. The van der Waals surface area contributed by atoms with Gasteiger partial charge in [-0.25, -0.2) is 4.98 Å². The molecule has 1 aliphatic carbocycles. The van der Waals surface area contributed by atoms with Gasteiger partial charge >= 0.3 is 0 Å². The summed E-state index contributed by atoms with van der Waals surface area (Å²) in [5.41, 5.74) is 0.407. The summed E-state index contributed by atoms with van der Waals surface area (Å²) in [4.78, 5) is 16.5. The number of nitrogens with one attached hydrogen (secondary N) is 1. The second-order valence-corrected chi connectivity index (χ2v) is 5.80. The number of carbonyl (C=O) groups is 1. The predicted octanol–water partition coefficient (Wildman–Crippen LogP) is 2.29. The standard InChI is InChI=1S/C14H16N2O3S/c17-6-5-10(9-3-4-9)15-13(18)11-8-20-14(16-11)12-2-1-7-19-12/h1-2,7-10,17H,3-6H2,(H,15,18). The number of thiazole rings is 1. The quantitative estimate of drug-likeness (QED) is 0.856. The Bertz CT molecular complexity index is 575. The van der Waals surface area contributed by atoms with Gasteiger partial charge in [0.15, 0.2) is 10.8 Å². The summed E-state index contributed by atoms with van der Waals surface area (Å²) in [7, 11) is 0. The number of furan rings is 1. The third-order valence-electron chi connectivity index (χ3n) is 3.42. The lowest BCUT2D eigenvalue weighted by Gasteiger charge is -2.16.